The molecule has 1 aromatic carbocycles. The average molecular weight is 459 g/mol. The highest BCUT2D eigenvalue weighted by atomic mass is 32.1. The first kappa shape index (κ1) is 22.1. The molecule has 5 rings (SSSR count). The van der Waals surface area contributed by atoms with E-state index in [1.165, 1.54) is 25.7 Å². The van der Waals surface area contributed by atoms with E-state index in [0.717, 1.165) is 59.0 Å². The number of carbonyl (C=O) groups is 1. The number of rotatable bonds is 8. The smallest absolute Gasteiger partial charge is 0.234 e. The van der Waals surface area contributed by atoms with E-state index in [2.05, 4.69) is 20.1 Å². The van der Waals surface area contributed by atoms with Gasteiger partial charge in [-0.1, -0.05) is 6.42 Å². The van der Waals surface area contributed by atoms with Crippen LogP contribution in [0.5, 0.6) is 5.75 Å². The maximum atomic E-state index is 12.5. The summed E-state index contributed by atoms with van der Waals surface area (Å²) in [4.78, 5) is 21.5. The van der Waals surface area contributed by atoms with Gasteiger partial charge in [-0.15, -0.1) is 11.3 Å². The molecular formula is C24H34N4O3S. The Balaban J connectivity index is 1.00. The number of nitrogens with one attached hydrogen (secondary N) is 1. The summed E-state index contributed by atoms with van der Waals surface area (Å²) in [6, 6.07) is 6.31. The molecule has 1 aromatic heterocycles. The maximum absolute atomic E-state index is 12.5. The second-order valence-corrected chi connectivity index (χ2v) is 11.0. The number of piperazine rings is 1. The van der Waals surface area contributed by atoms with Crippen molar-refractivity contribution in [2.24, 2.45) is 11.8 Å². The highest BCUT2D eigenvalue weighted by molar-refractivity contribution is 7.18. The molecule has 0 spiro atoms. The third-order valence-corrected chi connectivity index (χ3v) is 8.25. The molecule has 2 aliphatic carbocycles. The fraction of sp³-hybridized carbons (Fsp3) is 0.667. The fourth-order valence-electron chi connectivity index (χ4n) is 5.66. The van der Waals surface area contributed by atoms with Gasteiger partial charge in [-0.05, 0) is 50.2 Å². The van der Waals surface area contributed by atoms with E-state index in [4.69, 9.17) is 4.74 Å². The van der Waals surface area contributed by atoms with Crippen molar-refractivity contribution in [2.45, 2.75) is 44.8 Å². The number of β-amino-alcohol motifs (C(OH)–C–C–N with tert-alkyl or cyclic N) is 1. The zero-order valence-electron chi connectivity index (χ0n) is 18.8. The number of hydrogen-bond donors (Lipinski definition) is 2. The number of aryl methyl sites for hydroxylation is 1. The van der Waals surface area contributed by atoms with E-state index in [1.54, 1.807) is 11.3 Å². The Morgan fingerprint density at radius 1 is 1.25 bits per heavy atom. The Morgan fingerprint density at radius 3 is 2.81 bits per heavy atom. The van der Waals surface area contributed by atoms with Crippen LogP contribution in [0.2, 0.25) is 0 Å². The first-order chi connectivity index (χ1) is 15.5. The van der Waals surface area contributed by atoms with Crippen LogP contribution in [0.4, 0.5) is 0 Å². The van der Waals surface area contributed by atoms with Gasteiger partial charge in [0.25, 0.3) is 0 Å². The number of nitrogens with zero attached hydrogens (tertiary/aromatic N) is 3. The van der Waals surface area contributed by atoms with Gasteiger partial charge in [0.05, 0.1) is 21.8 Å². The number of fused-ring (bicyclic) bond motifs is 3. The molecule has 2 saturated carbocycles. The Hall–Kier alpha value is -1.74. The summed E-state index contributed by atoms with van der Waals surface area (Å²) in [6.45, 7) is 6.79. The molecule has 1 saturated heterocycles. The van der Waals surface area contributed by atoms with Crippen molar-refractivity contribution < 1.29 is 14.6 Å². The molecule has 2 N–H and O–H groups in total. The van der Waals surface area contributed by atoms with Crippen molar-refractivity contribution in [3.8, 4) is 5.75 Å². The van der Waals surface area contributed by atoms with Crippen LogP contribution in [0.25, 0.3) is 10.2 Å². The van der Waals surface area contributed by atoms with Gasteiger partial charge in [-0.3, -0.25) is 14.6 Å². The summed E-state index contributed by atoms with van der Waals surface area (Å²) >= 11 is 1.67. The molecule has 7 nitrogen and oxygen atoms in total. The van der Waals surface area contributed by atoms with Crippen LogP contribution >= 0.6 is 11.3 Å². The third kappa shape index (κ3) is 5.25. The molecule has 0 radical (unpaired) electrons. The summed E-state index contributed by atoms with van der Waals surface area (Å²) in [7, 11) is 0. The number of aliphatic hydroxyl groups excluding tert-OH is 1. The predicted molar refractivity (Wildman–Crippen MR) is 126 cm³/mol. The molecule has 2 heterocycles. The lowest BCUT2D eigenvalue weighted by Crippen LogP contribution is -2.52. The highest BCUT2D eigenvalue weighted by Gasteiger charge is 2.40. The molecule has 4 unspecified atom stereocenters. The minimum atomic E-state index is -0.546. The van der Waals surface area contributed by atoms with Crippen LogP contribution in [0.3, 0.4) is 0 Å². The van der Waals surface area contributed by atoms with Gasteiger partial charge < -0.3 is 15.2 Å². The van der Waals surface area contributed by atoms with Crippen molar-refractivity contribution >= 4 is 27.5 Å². The number of aromatic nitrogens is 1. The lowest BCUT2D eigenvalue weighted by atomic mass is 9.95. The zero-order valence-corrected chi connectivity index (χ0v) is 19.6. The number of thiazole rings is 1. The van der Waals surface area contributed by atoms with Gasteiger partial charge in [0.15, 0.2) is 0 Å². The van der Waals surface area contributed by atoms with Crippen LogP contribution in [0.1, 0.15) is 30.7 Å². The largest absolute Gasteiger partial charge is 0.491 e. The van der Waals surface area contributed by atoms with Crippen LogP contribution in [0.15, 0.2) is 18.2 Å². The first-order valence-electron chi connectivity index (χ1n) is 11.9. The van der Waals surface area contributed by atoms with E-state index in [9.17, 15) is 9.90 Å². The molecule has 4 atom stereocenters. The first-order valence-corrected chi connectivity index (χ1v) is 12.8. The lowest BCUT2D eigenvalue weighted by molar-refractivity contribution is -0.123. The quantitative estimate of drug-likeness (QED) is 0.632. The third-order valence-electron chi connectivity index (χ3n) is 7.29. The highest BCUT2D eigenvalue weighted by Crippen LogP contribution is 2.44. The van der Waals surface area contributed by atoms with Crippen molar-refractivity contribution in [3.05, 3.63) is 23.2 Å². The van der Waals surface area contributed by atoms with Crippen molar-refractivity contribution in [2.75, 3.05) is 45.9 Å². The van der Waals surface area contributed by atoms with Crippen LogP contribution in [-0.2, 0) is 4.79 Å². The lowest BCUT2D eigenvalue weighted by Gasteiger charge is -2.35. The number of amides is 1. The summed E-state index contributed by atoms with van der Waals surface area (Å²) in [6.07, 6.45) is 4.60. The normalized spacial score (nSPS) is 27.1. The van der Waals surface area contributed by atoms with Crippen LogP contribution in [-0.4, -0.2) is 83.8 Å². The Labute approximate surface area is 193 Å². The van der Waals surface area contributed by atoms with Crippen molar-refractivity contribution in [3.63, 3.8) is 0 Å². The molecule has 1 amide bonds. The van der Waals surface area contributed by atoms with E-state index >= 15 is 0 Å². The standard InChI is InChI=1S/C24H34N4O3S/c1-16-25-22-12-20(4-5-23(22)32-16)31-15-19(29)13-27-6-8-28(9-7-27)14-24(30)26-21-11-17-2-3-18(21)10-17/h4-5,12,17-19,21,29H,2-3,6-11,13-15H2,1H3,(H,26,30). The van der Waals surface area contributed by atoms with E-state index < -0.39 is 6.10 Å². The molecular weight excluding hydrogens is 424 g/mol. The van der Waals surface area contributed by atoms with Gasteiger partial charge in [-0.2, -0.15) is 0 Å². The Kier molecular flexibility index (Phi) is 6.64. The van der Waals surface area contributed by atoms with Gasteiger partial charge >= 0.3 is 0 Å². The summed E-state index contributed by atoms with van der Waals surface area (Å²) < 4.78 is 6.96. The summed E-state index contributed by atoms with van der Waals surface area (Å²) in [5.74, 6) is 2.49. The molecule has 1 aliphatic heterocycles. The topological polar surface area (TPSA) is 77.9 Å². The average Bonchev–Trinajstić information content (AvgIpc) is 3.48. The van der Waals surface area contributed by atoms with Gasteiger partial charge in [0.1, 0.15) is 18.5 Å². The van der Waals surface area contributed by atoms with Gasteiger partial charge in [0.2, 0.25) is 5.91 Å². The van der Waals surface area contributed by atoms with E-state index in [-0.39, 0.29) is 12.5 Å². The van der Waals surface area contributed by atoms with Crippen molar-refractivity contribution in [1.82, 2.24) is 20.1 Å². The minimum absolute atomic E-state index is 0.178. The number of aliphatic hydroxyl groups is 1. The minimum Gasteiger partial charge on any atom is -0.491 e. The van der Waals surface area contributed by atoms with Gasteiger partial charge in [-0.25, -0.2) is 4.98 Å². The zero-order chi connectivity index (χ0) is 22.1. The molecule has 2 bridgehead atoms. The molecule has 2 aromatic rings. The van der Waals surface area contributed by atoms with Gasteiger partial charge in [0, 0.05) is 44.8 Å². The second-order valence-electron chi connectivity index (χ2n) is 9.75. The van der Waals surface area contributed by atoms with Crippen LogP contribution < -0.4 is 10.1 Å². The molecule has 3 fully saturated rings. The van der Waals surface area contributed by atoms with Crippen molar-refractivity contribution in [1.29, 1.82) is 0 Å². The summed E-state index contributed by atoms with van der Waals surface area (Å²) in [5, 5.41) is 14.8. The maximum Gasteiger partial charge on any atom is 0.234 e. The molecule has 3 aliphatic rings. The Morgan fingerprint density at radius 2 is 2.06 bits per heavy atom. The number of hydrogen-bond acceptors (Lipinski definition) is 7. The van der Waals surface area contributed by atoms with E-state index in [1.807, 2.05) is 25.1 Å². The molecule has 174 valence electrons. The SMILES string of the molecule is Cc1nc2cc(OCC(O)CN3CCN(CC(=O)NC4CC5CCC4C5)CC3)ccc2s1. The number of carbonyl (C=O) groups excluding carboxylic acids is 1. The fourth-order valence-corrected chi connectivity index (χ4v) is 6.47. The number of benzene rings is 1. The number of ether oxygens (including phenoxy) is 1. The second kappa shape index (κ2) is 9.63. The monoisotopic (exact) mass is 458 g/mol. The van der Waals surface area contributed by atoms with E-state index in [0.29, 0.717) is 19.1 Å². The molecule has 32 heavy (non-hydrogen) atoms. The van der Waals surface area contributed by atoms with Crippen LogP contribution in [0, 0.1) is 18.8 Å². The Bertz CT molecular complexity index is 942. The predicted octanol–water partition coefficient (Wildman–Crippen LogP) is 2.27. The summed E-state index contributed by atoms with van der Waals surface area (Å²) in [5.41, 5.74) is 0.945. The molecule has 8 heteroatoms.